The molecule has 2 heteroatoms. The third-order valence-electron chi connectivity index (χ3n) is 8.16. The normalized spacial score (nSPS) is 36.9. The lowest BCUT2D eigenvalue weighted by Gasteiger charge is -2.52. The molecule has 144 valence electrons. The molecule has 1 N–H and O–H groups in total. The molecule has 1 aromatic rings. The molecule has 2 fully saturated rings. The molecule has 0 spiro atoms. The molecule has 1 aromatic carbocycles. The number of hydrogen-bond acceptors (Lipinski definition) is 2. The number of fused-ring (bicyclic) bond motifs is 4. The lowest BCUT2D eigenvalue weighted by Crippen LogP contribution is -2.45. The van der Waals surface area contributed by atoms with E-state index in [1.165, 1.54) is 16.7 Å². The predicted molar refractivity (Wildman–Crippen MR) is 111 cm³/mol. The summed E-state index contributed by atoms with van der Waals surface area (Å²) in [6, 6.07) is 8.45. The van der Waals surface area contributed by atoms with E-state index in [-0.39, 0.29) is 17.3 Å². The molecule has 4 aliphatic carbocycles. The summed E-state index contributed by atoms with van der Waals surface area (Å²) >= 11 is 0. The third kappa shape index (κ3) is 2.56. The van der Waals surface area contributed by atoms with Gasteiger partial charge in [0.05, 0.1) is 6.10 Å². The Bertz CT molecular complexity index is 926. The van der Waals surface area contributed by atoms with Crippen LogP contribution in [-0.4, -0.2) is 17.0 Å². The fourth-order valence-electron chi connectivity index (χ4n) is 6.74. The van der Waals surface area contributed by atoms with Crippen molar-refractivity contribution in [3.63, 3.8) is 0 Å². The molecule has 4 aliphatic rings. The van der Waals surface area contributed by atoms with Gasteiger partial charge in [0.25, 0.3) is 0 Å². The molecule has 0 aromatic heterocycles. The highest BCUT2D eigenvalue weighted by atomic mass is 16.3. The van der Waals surface area contributed by atoms with Crippen LogP contribution in [0.2, 0.25) is 0 Å². The summed E-state index contributed by atoms with van der Waals surface area (Å²) < 4.78 is 0. The van der Waals surface area contributed by atoms with Gasteiger partial charge in [0, 0.05) is 17.9 Å². The zero-order valence-corrected chi connectivity index (χ0v) is 16.6. The standard InChI is InChI=1S/C26H28O2/c1-3-16-4-6-17(7-5-16)22-15-26(2)23(12-13-24(26)28)21-10-8-18-14-19(27)9-11-20(18)25(21)22/h1,4-7,14,21-24,28H,8-13,15H2,2H3/t21-,22+,23-,24-,26-/m0/s1. The number of rotatable bonds is 1. The maximum atomic E-state index is 12.0. The van der Waals surface area contributed by atoms with E-state index in [9.17, 15) is 9.90 Å². The highest BCUT2D eigenvalue weighted by Crippen LogP contribution is 2.63. The summed E-state index contributed by atoms with van der Waals surface area (Å²) in [5.74, 6) is 4.41. The summed E-state index contributed by atoms with van der Waals surface area (Å²) in [7, 11) is 0. The van der Waals surface area contributed by atoms with Crippen LogP contribution in [-0.2, 0) is 4.79 Å². The minimum atomic E-state index is -0.207. The third-order valence-corrected chi connectivity index (χ3v) is 8.16. The van der Waals surface area contributed by atoms with Gasteiger partial charge >= 0.3 is 0 Å². The van der Waals surface area contributed by atoms with E-state index in [1.54, 1.807) is 5.57 Å². The monoisotopic (exact) mass is 372 g/mol. The van der Waals surface area contributed by atoms with Crippen LogP contribution in [0.1, 0.15) is 68.9 Å². The quantitative estimate of drug-likeness (QED) is 0.710. The van der Waals surface area contributed by atoms with Gasteiger partial charge in [-0.25, -0.2) is 0 Å². The van der Waals surface area contributed by atoms with Gasteiger partial charge in [-0.15, -0.1) is 6.42 Å². The molecule has 0 saturated heterocycles. The lowest BCUT2D eigenvalue weighted by atomic mass is 9.53. The van der Waals surface area contributed by atoms with Crippen molar-refractivity contribution in [3.05, 3.63) is 58.2 Å². The number of terminal acetylenes is 1. The number of benzene rings is 1. The Balaban J connectivity index is 1.67. The Kier molecular flexibility index (Phi) is 4.14. The summed E-state index contributed by atoms with van der Waals surface area (Å²) in [6.45, 7) is 2.31. The van der Waals surface area contributed by atoms with Crippen LogP contribution in [0.3, 0.4) is 0 Å². The number of carbonyl (C=O) groups is 1. The minimum absolute atomic E-state index is 0.0180. The molecule has 0 aliphatic heterocycles. The Hall–Kier alpha value is -2.11. The van der Waals surface area contributed by atoms with Gasteiger partial charge in [0.1, 0.15) is 0 Å². The smallest absolute Gasteiger partial charge is 0.156 e. The van der Waals surface area contributed by atoms with E-state index >= 15 is 0 Å². The first-order valence-electron chi connectivity index (χ1n) is 10.7. The van der Waals surface area contributed by atoms with Crippen molar-refractivity contribution in [2.75, 3.05) is 0 Å². The maximum absolute atomic E-state index is 12.0. The fourth-order valence-corrected chi connectivity index (χ4v) is 6.74. The predicted octanol–water partition coefficient (Wildman–Crippen LogP) is 4.93. The van der Waals surface area contributed by atoms with E-state index in [0.717, 1.165) is 44.1 Å². The van der Waals surface area contributed by atoms with Crippen molar-refractivity contribution in [1.82, 2.24) is 0 Å². The summed E-state index contributed by atoms with van der Waals surface area (Å²) in [6.07, 6.45) is 14.0. The first-order valence-corrected chi connectivity index (χ1v) is 10.7. The molecule has 5 rings (SSSR count). The molecule has 0 amide bonds. The molecular weight excluding hydrogens is 344 g/mol. The van der Waals surface area contributed by atoms with Crippen molar-refractivity contribution in [2.45, 2.75) is 63.9 Å². The number of aliphatic hydroxyl groups is 1. The van der Waals surface area contributed by atoms with Gasteiger partial charge in [-0.3, -0.25) is 4.79 Å². The summed E-state index contributed by atoms with van der Waals surface area (Å²) in [5.41, 5.74) is 6.53. The SMILES string of the molecule is C#Cc1ccc([C@H]2C[C@]3(C)[C@@H](O)CC[C@H]3[C@@H]3CCC4=CC(=O)CCC4=C32)cc1. The molecule has 0 bridgehead atoms. The van der Waals surface area contributed by atoms with Crippen LogP contribution in [0, 0.1) is 29.6 Å². The lowest BCUT2D eigenvalue weighted by molar-refractivity contribution is -0.114. The zero-order valence-electron chi connectivity index (χ0n) is 16.6. The average Bonchev–Trinajstić information content (AvgIpc) is 3.01. The highest BCUT2D eigenvalue weighted by molar-refractivity contribution is 5.93. The first kappa shape index (κ1) is 18.0. The van der Waals surface area contributed by atoms with Crippen LogP contribution in [0.5, 0.6) is 0 Å². The Morgan fingerprint density at radius 2 is 1.89 bits per heavy atom. The van der Waals surface area contributed by atoms with Crippen molar-refractivity contribution >= 4 is 5.78 Å². The van der Waals surface area contributed by atoms with Crippen molar-refractivity contribution in [2.24, 2.45) is 17.3 Å². The summed E-state index contributed by atoms with van der Waals surface area (Å²) in [5, 5.41) is 10.9. The maximum Gasteiger partial charge on any atom is 0.156 e. The van der Waals surface area contributed by atoms with Gasteiger partial charge in [-0.1, -0.05) is 30.6 Å². The molecule has 2 nitrogen and oxygen atoms in total. The second-order valence-corrected chi connectivity index (χ2v) is 9.44. The molecule has 28 heavy (non-hydrogen) atoms. The number of hydrogen-bond donors (Lipinski definition) is 1. The molecular formula is C26H28O2. The van der Waals surface area contributed by atoms with Crippen LogP contribution in [0.15, 0.2) is 47.1 Å². The zero-order chi connectivity index (χ0) is 19.5. The minimum Gasteiger partial charge on any atom is -0.393 e. The topological polar surface area (TPSA) is 37.3 Å². The fraction of sp³-hybridized carbons (Fsp3) is 0.500. The average molecular weight is 373 g/mol. The van der Waals surface area contributed by atoms with Crippen LogP contribution in [0.4, 0.5) is 0 Å². The van der Waals surface area contributed by atoms with E-state index < -0.39 is 0 Å². The van der Waals surface area contributed by atoms with Gasteiger partial charge in [-0.2, -0.15) is 0 Å². The Morgan fingerprint density at radius 3 is 2.64 bits per heavy atom. The van der Waals surface area contributed by atoms with Gasteiger partial charge in [-0.05, 0) is 90.7 Å². The molecule has 2 saturated carbocycles. The van der Waals surface area contributed by atoms with E-state index in [4.69, 9.17) is 6.42 Å². The summed E-state index contributed by atoms with van der Waals surface area (Å²) in [4.78, 5) is 12.0. The highest BCUT2D eigenvalue weighted by Gasteiger charge is 2.56. The molecule has 0 radical (unpaired) electrons. The molecule has 0 unspecified atom stereocenters. The molecule has 5 atom stereocenters. The first-order chi connectivity index (χ1) is 13.5. The second kappa shape index (κ2) is 6.46. The Labute approximate surface area is 167 Å². The number of allylic oxidation sites excluding steroid dienone is 4. The van der Waals surface area contributed by atoms with E-state index in [0.29, 0.717) is 24.2 Å². The van der Waals surface area contributed by atoms with Crippen LogP contribution >= 0.6 is 0 Å². The number of aliphatic hydroxyl groups excluding tert-OH is 1. The Morgan fingerprint density at radius 1 is 1.11 bits per heavy atom. The van der Waals surface area contributed by atoms with Gasteiger partial charge in [0.15, 0.2) is 5.78 Å². The van der Waals surface area contributed by atoms with Crippen LogP contribution < -0.4 is 0 Å². The van der Waals surface area contributed by atoms with E-state index in [1.807, 2.05) is 18.2 Å². The second-order valence-electron chi connectivity index (χ2n) is 9.44. The van der Waals surface area contributed by atoms with Gasteiger partial charge in [0.2, 0.25) is 0 Å². The van der Waals surface area contributed by atoms with Crippen molar-refractivity contribution < 1.29 is 9.90 Å². The van der Waals surface area contributed by atoms with E-state index in [2.05, 4.69) is 25.0 Å². The number of carbonyl (C=O) groups excluding carboxylic acids is 1. The van der Waals surface area contributed by atoms with Crippen molar-refractivity contribution in [3.8, 4) is 12.3 Å². The molecule has 0 heterocycles. The number of ketones is 1. The van der Waals surface area contributed by atoms with Crippen LogP contribution in [0.25, 0.3) is 0 Å². The van der Waals surface area contributed by atoms with Crippen molar-refractivity contribution in [1.29, 1.82) is 0 Å². The van der Waals surface area contributed by atoms with Gasteiger partial charge < -0.3 is 5.11 Å². The largest absolute Gasteiger partial charge is 0.393 e.